The molecule has 0 saturated heterocycles. The van der Waals surface area contributed by atoms with Gasteiger partial charge >= 0.3 is 5.97 Å². The molecule has 1 atom stereocenters. The Bertz CT molecular complexity index is 636. The third-order valence-electron chi connectivity index (χ3n) is 4.70. The van der Waals surface area contributed by atoms with Crippen LogP contribution in [0.3, 0.4) is 0 Å². The molecular weight excluding hydrogens is 366 g/mol. The lowest BCUT2D eigenvalue weighted by molar-refractivity contribution is -0.138. The maximum absolute atomic E-state index is 10.8. The van der Waals surface area contributed by atoms with Crippen LogP contribution < -0.4 is 0 Å². The minimum absolute atomic E-state index is 0.0147. The first-order valence-electron chi connectivity index (χ1n) is 10.4. The SMILES string of the molecule is CCCCOCC(COCCC(=O)O)N(Cc1ccccc1)Cc1ccccc1. The van der Waals surface area contributed by atoms with Crippen molar-refractivity contribution in [3.63, 3.8) is 0 Å². The lowest BCUT2D eigenvalue weighted by Gasteiger charge is -2.32. The molecule has 0 aliphatic carbocycles. The zero-order valence-corrected chi connectivity index (χ0v) is 17.3. The van der Waals surface area contributed by atoms with E-state index in [0.717, 1.165) is 32.5 Å². The van der Waals surface area contributed by atoms with E-state index in [1.807, 2.05) is 36.4 Å². The van der Waals surface area contributed by atoms with Crippen LogP contribution in [-0.4, -0.2) is 48.4 Å². The molecule has 5 heteroatoms. The molecule has 0 spiro atoms. The number of unbranched alkanes of at least 4 members (excludes halogenated alkanes) is 1. The summed E-state index contributed by atoms with van der Waals surface area (Å²) in [6.07, 6.45) is 2.14. The van der Waals surface area contributed by atoms with Gasteiger partial charge in [0.2, 0.25) is 0 Å². The van der Waals surface area contributed by atoms with Crippen molar-refractivity contribution in [1.82, 2.24) is 4.90 Å². The van der Waals surface area contributed by atoms with Gasteiger partial charge < -0.3 is 14.6 Å². The van der Waals surface area contributed by atoms with Crippen LogP contribution in [0.25, 0.3) is 0 Å². The summed E-state index contributed by atoms with van der Waals surface area (Å²) in [5.41, 5.74) is 2.46. The second kappa shape index (κ2) is 13.9. The largest absolute Gasteiger partial charge is 0.481 e. The highest BCUT2D eigenvalue weighted by Crippen LogP contribution is 2.15. The second-order valence-electron chi connectivity index (χ2n) is 7.18. The zero-order chi connectivity index (χ0) is 20.7. The van der Waals surface area contributed by atoms with Crippen molar-refractivity contribution >= 4 is 5.97 Å². The number of nitrogens with zero attached hydrogens (tertiary/aromatic N) is 1. The van der Waals surface area contributed by atoms with E-state index in [0.29, 0.717) is 13.2 Å². The highest BCUT2D eigenvalue weighted by molar-refractivity contribution is 5.66. The molecule has 29 heavy (non-hydrogen) atoms. The summed E-state index contributed by atoms with van der Waals surface area (Å²) in [6, 6.07) is 20.8. The Morgan fingerprint density at radius 1 is 0.897 bits per heavy atom. The van der Waals surface area contributed by atoms with E-state index in [2.05, 4.69) is 36.1 Å². The van der Waals surface area contributed by atoms with Crippen LogP contribution in [-0.2, 0) is 27.4 Å². The van der Waals surface area contributed by atoms with Gasteiger partial charge in [0, 0.05) is 19.7 Å². The van der Waals surface area contributed by atoms with E-state index in [1.54, 1.807) is 0 Å². The Hall–Kier alpha value is -2.21. The van der Waals surface area contributed by atoms with Crippen LogP contribution in [0.15, 0.2) is 60.7 Å². The molecule has 158 valence electrons. The molecule has 0 saturated carbocycles. The van der Waals surface area contributed by atoms with Crippen molar-refractivity contribution in [1.29, 1.82) is 0 Å². The van der Waals surface area contributed by atoms with Gasteiger partial charge in [-0.1, -0.05) is 74.0 Å². The quantitative estimate of drug-likeness (QED) is 0.451. The first-order chi connectivity index (χ1) is 14.2. The number of rotatable bonds is 15. The standard InChI is InChI=1S/C24H33NO4/c1-2-3-15-28-19-23(20-29-16-14-24(26)27)25(17-21-10-6-4-7-11-21)18-22-12-8-5-9-13-22/h4-13,23H,2-3,14-20H2,1H3,(H,26,27). The average Bonchev–Trinajstić information content (AvgIpc) is 2.73. The number of carbonyl (C=O) groups is 1. The Morgan fingerprint density at radius 3 is 1.90 bits per heavy atom. The van der Waals surface area contributed by atoms with Gasteiger partial charge in [-0.2, -0.15) is 0 Å². The third kappa shape index (κ3) is 9.70. The second-order valence-corrected chi connectivity index (χ2v) is 7.18. The molecule has 0 aromatic heterocycles. The van der Waals surface area contributed by atoms with Gasteiger partial charge in [0.05, 0.1) is 32.3 Å². The number of aliphatic carboxylic acids is 1. The minimum atomic E-state index is -0.842. The van der Waals surface area contributed by atoms with Gasteiger partial charge in [-0.05, 0) is 17.5 Å². The third-order valence-corrected chi connectivity index (χ3v) is 4.70. The normalized spacial score (nSPS) is 12.2. The molecule has 0 bridgehead atoms. The van der Waals surface area contributed by atoms with Crippen LogP contribution in [0.4, 0.5) is 0 Å². The molecule has 0 aliphatic rings. The number of hydrogen-bond donors (Lipinski definition) is 1. The van der Waals surface area contributed by atoms with Crippen molar-refractivity contribution in [2.24, 2.45) is 0 Å². The molecule has 2 aromatic carbocycles. The number of carboxylic acid groups (broad SMARTS) is 1. The summed E-state index contributed by atoms with van der Waals surface area (Å²) in [5, 5.41) is 8.86. The van der Waals surface area contributed by atoms with E-state index >= 15 is 0 Å². The summed E-state index contributed by atoms with van der Waals surface area (Å²) >= 11 is 0. The van der Waals surface area contributed by atoms with Gasteiger partial charge in [-0.3, -0.25) is 9.69 Å². The topological polar surface area (TPSA) is 59.0 Å². The van der Waals surface area contributed by atoms with Crippen molar-refractivity contribution in [3.8, 4) is 0 Å². The first-order valence-corrected chi connectivity index (χ1v) is 10.4. The molecule has 0 fully saturated rings. The van der Waals surface area contributed by atoms with Crippen molar-refractivity contribution in [3.05, 3.63) is 71.8 Å². The van der Waals surface area contributed by atoms with E-state index in [4.69, 9.17) is 14.6 Å². The van der Waals surface area contributed by atoms with E-state index in [-0.39, 0.29) is 19.1 Å². The summed E-state index contributed by atoms with van der Waals surface area (Å²) in [4.78, 5) is 13.1. The summed E-state index contributed by atoms with van der Waals surface area (Å²) in [5.74, 6) is -0.842. The fourth-order valence-electron chi connectivity index (χ4n) is 3.05. The van der Waals surface area contributed by atoms with Crippen LogP contribution in [0.2, 0.25) is 0 Å². The minimum Gasteiger partial charge on any atom is -0.481 e. The number of ether oxygens (including phenoxy) is 2. The summed E-state index contributed by atoms with van der Waals surface area (Å²) in [6.45, 7) is 5.65. The number of hydrogen-bond acceptors (Lipinski definition) is 4. The smallest absolute Gasteiger partial charge is 0.305 e. The molecular formula is C24H33NO4. The van der Waals surface area contributed by atoms with Crippen LogP contribution in [0, 0.1) is 0 Å². The van der Waals surface area contributed by atoms with Crippen molar-refractivity contribution in [2.45, 2.75) is 45.3 Å². The van der Waals surface area contributed by atoms with Gasteiger partial charge in [0.25, 0.3) is 0 Å². The lowest BCUT2D eigenvalue weighted by atomic mass is 10.1. The molecule has 5 nitrogen and oxygen atoms in total. The first kappa shape index (κ1) is 23.1. The van der Waals surface area contributed by atoms with Crippen molar-refractivity contribution in [2.75, 3.05) is 26.4 Å². The van der Waals surface area contributed by atoms with Crippen LogP contribution in [0.5, 0.6) is 0 Å². The molecule has 0 radical (unpaired) electrons. The molecule has 2 rings (SSSR count). The predicted molar refractivity (Wildman–Crippen MR) is 115 cm³/mol. The predicted octanol–water partition coefficient (Wildman–Crippen LogP) is 4.37. The molecule has 1 unspecified atom stereocenters. The molecule has 1 N–H and O–H groups in total. The Labute approximate surface area is 174 Å². The van der Waals surface area contributed by atoms with Crippen molar-refractivity contribution < 1.29 is 19.4 Å². The fraction of sp³-hybridized carbons (Fsp3) is 0.458. The molecule has 0 heterocycles. The highest BCUT2D eigenvalue weighted by Gasteiger charge is 2.20. The van der Waals surface area contributed by atoms with Gasteiger partial charge in [0.15, 0.2) is 0 Å². The van der Waals surface area contributed by atoms with Gasteiger partial charge in [-0.25, -0.2) is 0 Å². The highest BCUT2D eigenvalue weighted by atomic mass is 16.5. The van der Waals surface area contributed by atoms with Crippen LogP contribution >= 0.6 is 0 Å². The average molecular weight is 400 g/mol. The van der Waals surface area contributed by atoms with Crippen LogP contribution in [0.1, 0.15) is 37.3 Å². The van der Waals surface area contributed by atoms with Gasteiger partial charge in [-0.15, -0.1) is 0 Å². The summed E-state index contributed by atoms with van der Waals surface area (Å²) in [7, 11) is 0. The maximum atomic E-state index is 10.8. The van der Waals surface area contributed by atoms with E-state index in [9.17, 15) is 4.79 Å². The monoisotopic (exact) mass is 399 g/mol. The van der Waals surface area contributed by atoms with E-state index in [1.165, 1.54) is 11.1 Å². The number of benzene rings is 2. The molecule has 2 aromatic rings. The van der Waals surface area contributed by atoms with Gasteiger partial charge in [0.1, 0.15) is 0 Å². The molecule has 0 aliphatic heterocycles. The summed E-state index contributed by atoms with van der Waals surface area (Å²) < 4.78 is 11.7. The Kier molecular flexibility index (Phi) is 11.0. The zero-order valence-electron chi connectivity index (χ0n) is 17.3. The Morgan fingerprint density at radius 2 is 1.41 bits per heavy atom. The molecule has 0 amide bonds. The lowest BCUT2D eigenvalue weighted by Crippen LogP contribution is -2.41. The number of carboxylic acids is 1. The fourth-order valence-corrected chi connectivity index (χ4v) is 3.05. The van der Waals surface area contributed by atoms with E-state index < -0.39 is 5.97 Å². The Balaban J connectivity index is 2.09. The maximum Gasteiger partial charge on any atom is 0.305 e.